The summed E-state index contributed by atoms with van der Waals surface area (Å²) < 4.78 is 45.7. The number of ether oxygens (including phenoxy) is 1. The molecule has 2 aromatic carbocycles. The Morgan fingerprint density at radius 3 is 2.46 bits per heavy atom. The third-order valence-corrected chi connectivity index (χ3v) is 6.00. The van der Waals surface area contributed by atoms with Gasteiger partial charge in [-0.2, -0.15) is 4.31 Å². The first-order chi connectivity index (χ1) is 11.5. The molecule has 1 aliphatic rings. The number of rotatable bonds is 5. The molecule has 6 heteroatoms. The highest BCUT2D eigenvalue weighted by molar-refractivity contribution is 7.88. The fraction of sp³-hybridized carbons (Fsp3) is 0.333. The normalized spacial score (nSPS) is 19.3. The third kappa shape index (κ3) is 4.20. The van der Waals surface area contributed by atoms with Crippen LogP contribution in [0.2, 0.25) is 0 Å². The number of morpholine rings is 1. The molecule has 1 aliphatic heterocycles. The second kappa shape index (κ2) is 7.42. The van der Waals surface area contributed by atoms with Crippen LogP contribution in [-0.2, 0) is 26.9 Å². The van der Waals surface area contributed by atoms with Crippen molar-refractivity contribution < 1.29 is 17.5 Å². The van der Waals surface area contributed by atoms with Crippen molar-refractivity contribution in [2.75, 3.05) is 19.8 Å². The molecule has 0 aliphatic carbocycles. The van der Waals surface area contributed by atoms with E-state index >= 15 is 0 Å². The van der Waals surface area contributed by atoms with Gasteiger partial charge in [0.15, 0.2) is 0 Å². The Balaban J connectivity index is 1.77. The van der Waals surface area contributed by atoms with Crippen molar-refractivity contribution in [1.29, 1.82) is 0 Å². The molecule has 24 heavy (non-hydrogen) atoms. The first kappa shape index (κ1) is 17.1. The zero-order valence-electron chi connectivity index (χ0n) is 13.3. The van der Waals surface area contributed by atoms with Crippen molar-refractivity contribution >= 4 is 10.0 Å². The molecule has 1 heterocycles. The van der Waals surface area contributed by atoms with Gasteiger partial charge >= 0.3 is 0 Å². The van der Waals surface area contributed by atoms with Gasteiger partial charge in [0.05, 0.1) is 25.0 Å². The molecule has 1 saturated heterocycles. The van der Waals surface area contributed by atoms with Crippen LogP contribution in [0.4, 0.5) is 4.39 Å². The minimum Gasteiger partial charge on any atom is -0.378 e. The summed E-state index contributed by atoms with van der Waals surface area (Å²) in [7, 11) is -3.49. The highest BCUT2D eigenvalue weighted by atomic mass is 32.2. The SMILES string of the molecule is O=S(=O)(Cc1ccc(F)cc1)N1CCOCC1Cc1ccccc1. The van der Waals surface area contributed by atoms with Crippen LogP contribution in [-0.4, -0.2) is 38.5 Å². The molecule has 2 aromatic rings. The molecule has 0 aromatic heterocycles. The number of sulfonamides is 1. The second-order valence-electron chi connectivity index (χ2n) is 5.91. The van der Waals surface area contributed by atoms with Crippen LogP contribution in [0, 0.1) is 5.82 Å². The maximum atomic E-state index is 13.0. The molecular formula is C18H20FNO3S. The Kier molecular flexibility index (Phi) is 5.28. The van der Waals surface area contributed by atoms with Crippen LogP contribution in [0.5, 0.6) is 0 Å². The van der Waals surface area contributed by atoms with E-state index in [2.05, 4.69) is 0 Å². The molecule has 128 valence electrons. The molecule has 0 radical (unpaired) electrons. The maximum Gasteiger partial charge on any atom is 0.218 e. The van der Waals surface area contributed by atoms with Crippen LogP contribution in [0.25, 0.3) is 0 Å². The zero-order valence-corrected chi connectivity index (χ0v) is 14.1. The second-order valence-corrected chi connectivity index (χ2v) is 7.83. The summed E-state index contributed by atoms with van der Waals surface area (Å²) >= 11 is 0. The van der Waals surface area contributed by atoms with Crippen LogP contribution >= 0.6 is 0 Å². The van der Waals surface area contributed by atoms with Crippen LogP contribution in [0.3, 0.4) is 0 Å². The summed E-state index contributed by atoms with van der Waals surface area (Å²) in [4.78, 5) is 0. The molecular weight excluding hydrogens is 329 g/mol. The van der Waals surface area contributed by atoms with Gasteiger partial charge in [0.2, 0.25) is 10.0 Å². The van der Waals surface area contributed by atoms with Crippen molar-refractivity contribution in [1.82, 2.24) is 4.31 Å². The standard InChI is InChI=1S/C18H20FNO3S/c19-17-8-6-16(7-9-17)14-24(21,22)20-10-11-23-13-18(20)12-15-4-2-1-3-5-15/h1-9,18H,10-14H2. The van der Waals surface area contributed by atoms with E-state index in [0.29, 0.717) is 31.7 Å². The van der Waals surface area contributed by atoms with E-state index in [4.69, 9.17) is 4.74 Å². The van der Waals surface area contributed by atoms with E-state index in [1.807, 2.05) is 30.3 Å². The lowest BCUT2D eigenvalue weighted by Crippen LogP contribution is -2.49. The zero-order chi connectivity index (χ0) is 17.0. The minimum absolute atomic E-state index is 0.126. The van der Waals surface area contributed by atoms with Crippen molar-refractivity contribution in [2.45, 2.75) is 18.2 Å². The van der Waals surface area contributed by atoms with Crippen LogP contribution < -0.4 is 0 Å². The summed E-state index contributed by atoms with van der Waals surface area (Å²) in [6.45, 7) is 1.13. The smallest absolute Gasteiger partial charge is 0.218 e. The molecule has 0 saturated carbocycles. The Morgan fingerprint density at radius 1 is 1.04 bits per heavy atom. The predicted molar refractivity (Wildman–Crippen MR) is 90.5 cm³/mol. The summed E-state index contributed by atoms with van der Waals surface area (Å²) in [6.07, 6.45) is 0.615. The molecule has 1 unspecified atom stereocenters. The lowest BCUT2D eigenvalue weighted by Gasteiger charge is -2.34. The number of benzene rings is 2. The number of hydrogen-bond donors (Lipinski definition) is 0. The first-order valence-electron chi connectivity index (χ1n) is 7.90. The maximum absolute atomic E-state index is 13.0. The van der Waals surface area contributed by atoms with Gasteiger partial charge in [-0.15, -0.1) is 0 Å². The average Bonchev–Trinajstić information content (AvgIpc) is 2.58. The van der Waals surface area contributed by atoms with Gasteiger partial charge < -0.3 is 4.74 Å². The predicted octanol–water partition coefficient (Wildman–Crippen LogP) is 2.60. The molecule has 1 fully saturated rings. The van der Waals surface area contributed by atoms with Gasteiger partial charge in [0.25, 0.3) is 0 Å². The average molecular weight is 349 g/mol. The Labute approximate surface area is 141 Å². The Morgan fingerprint density at radius 2 is 1.75 bits per heavy atom. The molecule has 0 spiro atoms. The van der Waals surface area contributed by atoms with Gasteiger partial charge in [-0.1, -0.05) is 42.5 Å². The Bertz CT molecular complexity index is 763. The van der Waals surface area contributed by atoms with Gasteiger partial charge in [-0.3, -0.25) is 0 Å². The van der Waals surface area contributed by atoms with E-state index in [1.54, 1.807) is 0 Å². The first-order valence-corrected chi connectivity index (χ1v) is 9.51. The van der Waals surface area contributed by atoms with E-state index in [9.17, 15) is 12.8 Å². The molecule has 0 N–H and O–H groups in total. The molecule has 0 amide bonds. The lowest BCUT2D eigenvalue weighted by molar-refractivity contribution is 0.0327. The number of nitrogens with zero attached hydrogens (tertiary/aromatic N) is 1. The summed E-state index contributed by atoms with van der Waals surface area (Å²) in [5.74, 6) is -0.497. The van der Waals surface area contributed by atoms with E-state index < -0.39 is 10.0 Å². The van der Waals surface area contributed by atoms with E-state index in [-0.39, 0.29) is 17.6 Å². The third-order valence-electron chi connectivity index (χ3n) is 4.11. The van der Waals surface area contributed by atoms with Crippen LogP contribution in [0.1, 0.15) is 11.1 Å². The largest absolute Gasteiger partial charge is 0.378 e. The van der Waals surface area contributed by atoms with Crippen molar-refractivity contribution in [3.05, 3.63) is 71.5 Å². The fourth-order valence-electron chi connectivity index (χ4n) is 2.93. The minimum atomic E-state index is -3.49. The quantitative estimate of drug-likeness (QED) is 0.834. The highest BCUT2D eigenvalue weighted by Gasteiger charge is 2.32. The van der Waals surface area contributed by atoms with Crippen LogP contribution in [0.15, 0.2) is 54.6 Å². The van der Waals surface area contributed by atoms with Crippen molar-refractivity contribution in [3.8, 4) is 0 Å². The molecule has 3 rings (SSSR count). The Hall–Kier alpha value is -1.76. The monoisotopic (exact) mass is 349 g/mol. The fourth-order valence-corrected chi connectivity index (χ4v) is 4.65. The molecule has 4 nitrogen and oxygen atoms in total. The molecule has 1 atom stereocenters. The van der Waals surface area contributed by atoms with Gasteiger partial charge in [0, 0.05) is 6.54 Å². The summed E-state index contributed by atoms with van der Waals surface area (Å²) in [5, 5.41) is 0. The lowest BCUT2D eigenvalue weighted by atomic mass is 10.1. The van der Waals surface area contributed by atoms with Crippen molar-refractivity contribution in [3.63, 3.8) is 0 Å². The van der Waals surface area contributed by atoms with Gasteiger partial charge in [0.1, 0.15) is 5.82 Å². The highest BCUT2D eigenvalue weighted by Crippen LogP contribution is 2.20. The summed E-state index contributed by atoms with van der Waals surface area (Å²) in [5.41, 5.74) is 1.66. The van der Waals surface area contributed by atoms with E-state index in [0.717, 1.165) is 5.56 Å². The van der Waals surface area contributed by atoms with Gasteiger partial charge in [-0.25, -0.2) is 12.8 Å². The molecule has 0 bridgehead atoms. The van der Waals surface area contributed by atoms with Gasteiger partial charge in [-0.05, 0) is 29.7 Å². The summed E-state index contributed by atoms with van der Waals surface area (Å²) in [6, 6.07) is 15.2. The van der Waals surface area contributed by atoms with Crippen molar-refractivity contribution in [2.24, 2.45) is 0 Å². The topological polar surface area (TPSA) is 46.6 Å². The van der Waals surface area contributed by atoms with E-state index in [1.165, 1.54) is 28.6 Å². The number of halogens is 1. The number of hydrogen-bond acceptors (Lipinski definition) is 3.